The predicted molar refractivity (Wildman–Crippen MR) is 144 cm³/mol. The first-order chi connectivity index (χ1) is 17.7. The minimum Gasteiger partial charge on any atom is -0.378 e. The van der Waals surface area contributed by atoms with E-state index in [0.717, 1.165) is 60.4 Å². The number of rotatable bonds is 6. The first-order valence-electron chi connectivity index (χ1n) is 13.4. The van der Waals surface area contributed by atoms with Gasteiger partial charge >= 0.3 is 0 Å². The Labute approximate surface area is 216 Å². The summed E-state index contributed by atoms with van der Waals surface area (Å²) >= 11 is 1.84. The molecule has 0 bridgehead atoms. The van der Waals surface area contributed by atoms with Gasteiger partial charge < -0.3 is 20.3 Å². The number of morpholine rings is 1. The molecule has 0 unspecified atom stereocenters. The number of anilines is 2. The molecular formula is C26H36N8OS. The number of hydrogen-bond donors (Lipinski definition) is 1. The van der Waals surface area contributed by atoms with Gasteiger partial charge in [0.15, 0.2) is 11.6 Å². The molecule has 0 amide bonds. The summed E-state index contributed by atoms with van der Waals surface area (Å²) < 4.78 is 6.76. The first kappa shape index (κ1) is 24.0. The largest absolute Gasteiger partial charge is 0.378 e. The Kier molecular flexibility index (Phi) is 7.27. The number of ether oxygens (including phenoxy) is 1. The third kappa shape index (κ3) is 5.46. The lowest BCUT2D eigenvalue weighted by Gasteiger charge is -2.36. The van der Waals surface area contributed by atoms with Gasteiger partial charge in [0.25, 0.3) is 0 Å². The fourth-order valence-corrected chi connectivity index (χ4v) is 6.82. The summed E-state index contributed by atoms with van der Waals surface area (Å²) in [6, 6.07) is 2.26. The fraction of sp³-hybridized carbons (Fsp3) is 0.615. The van der Waals surface area contributed by atoms with Gasteiger partial charge in [0.1, 0.15) is 0 Å². The third-order valence-corrected chi connectivity index (χ3v) is 8.80. The highest BCUT2D eigenvalue weighted by Gasteiger charge is 2.24. The molecule has 0 radical (unpaired) electrons. The van der Waals surface area contributed by atoms with Crippen molar-refractivity contribution in [3.63, 3.8) is 0 Å². The van der Waals surface area contributed by atoms with Crippen molar-refractivity contribution in [3.8, 4) is 11.4 Å². The van der Waals surface area contributed by atoms with Crippen molar-refractivity contribution in [2.75, 3.05) is 69.7 Å². The van der Waals surface area contributed by atoms with E-state index in [1.807, 2.05) is 11.3 Å². The Hall–Kier alpha value is -2.40. The van der Waals surface area contributed by atoms with E-state index in [9.17, 15) is 0 Å². The van der Waals surface area contributed by atoms with E-state index in [2.05, 4.69) is 30.7 Å². The second kappa shape index (κ2) is 10.9. The second-order valence-electron chi connectivity index (χ2n) is 10.3. The molecule has 0 saturated carbocycles. The minimum atomic E-state index is 0.255. The van der Waals surface area contributed by atoms with Gasteiger partial charge in [-0.2, -0.15) is 0 Å². The Bertz CT molecular complexity index is 1150. The standard InChI is InChI=1S/C26H36N8OS/c27-26-28-15-20(16-29-26)24-30-22-14-21(36-23(22)25(31-24)34-10-12-35-13-11-34)18-33-8-4-19(5-9-33)17-32-6-2-1-3-7-32/h14-16,19H,1-13,17-18H2,(H2,27,28,29). The lowest BCUT2D eigenvalue weighted by molar-refractivity contribution is 0.122. The van der Waals surface area contributed by atoms with Crippen molar-refractivity contribution in [1.29, 1.82) is 0 Å². The number of nitrogens with two attached hydrogens (primary N) is 1. The van der Waals surface area contributed by atoms with Crippen LogP contribution in [-0.4, -0.2) is 88.8 Å². The molecule has 192 valence electrons. The Morgan fingerprint density at radius 3 is 2.42 bits per heavy atom. The number of aromatic nitrogens is 4. The van der Waals surface area contributed by atoms with Gasteiger partial charge in [0.05, 0.1) is 29.0 Å². The number of thiophene rings is 1. The van der Waals surface area contributed by atoms with Gasteiger partial charge in [0.2, 0.25) is 5.95 Å². The molecule has 3 aromatic rings. The van der Waals surface area contributed by atoms with E-state index in [4.69, 9.17) is 20.4 Å². The molecule has 0 atom stereocenters. The molecule has 0 aromatic carbocycles. The van der Waals surface area contributed by atoms with Crippen LogP contribution in [0.5, 0.6) is 0 Å². The molecule has 6 rings (SSSR count). The molecule has 0 spiro atoms. The molecule has 0 aliphatic carbocycles. The Balaban J connectivity index is 1.19. The number of likely N-dealkylation sites (tertiary alicyclic amines) is 2. The van der Waals surface area contributed by atoms with Gasteiger partial charge in [-0.3, -0.25) is 4.90 Å². The van der Waals surface area contributed by atoms with Crippen LogP contribution in [0.4, 0.5) is 11.8 Å². The zero-order valence-corrected chi connectivity index (χ0v) is 21.8. The van der Waals surface area contributed by atoms with Crippen molar-refractivity contribution in [2.24, 2.45) is 5.92 Å². The van der Waals surface area contributed by atoms with Crippen LogP contribution in [0.3, 0.4) is 0 Å². The molecule has 3 aliphatic rings. The highest BCUT2D eigenvalue weighted by Crippen LogP contribution is 2.35. The number of piperidine rings is 2. The number of nitrogen functional groups attached to an aromatic ring is 1. The number of hydrogen-bond acceptors (Lipinski definition) is 10. The Morgan fingerprint density at radius 1 is 0.917 bits per heavy atom. The van der Waals surface area contributed by atoms with Crippen LogP contribution in [-0.2, 0) is 11.3 Å². The summed E-state index contributed by atoms with van der Waals surface area (Å²) in [4.78, 5) is 27.2. The molecule has 10 heteroatoms. The molecule has 3 aromatic heterocycles. The maximum Gasteiger partial charge on any atom is 0.219 e. The van der Waals surface area contributed by atoms with Crippen LogP contribution in [0.1, 0.15) is 37.0 Å². The summed E-state index contributed by atoms with van der Waals surface area (Å²) in [6.07, 6.45) is 10.2. The highest BCUT2D eigenvalue weighted by molar-refractivity contribution is 7.19. The first-order valence-corrected chi connectivity index (χ1v) is 14.2. The van der Waals surface area contributed by atoms with Crippen LogP contribution in [0, 0.1) is 5.92 Å². The van der Waals surface area contributed by atoms with Crippen molar-refractivity contribution in [3.05, 3.63) is 23.3 Å². The van der Waals surface area contributed by atoms with Gasteiger partial charge in [-0.15, -0.1) is 11.3 Å². The number of nitrogens with zero attached hydrogens (tertiary/aromatic N) is 7. The molecular weight excluding hydrogens is 472 g/mol. The van der Waals surface area contributed by atoms with E-state index >= 15 is 0 Å². The van der Waals surface area contributed by atoms with Crippen LogP contribution >= 0.6 is 11.3 Å². The molecule has 3 aliphatic heterocycles. The molecule has 3 saturated heterocycles. The fourth-order valence-electron chi connectivity index (χ4n) is 5.67. The van der Waals surface area contributed by atoms with E-state index in [1.165, 1.54) is 69.7 Å². The molecule has 3 fully saturated rings. The summed E-state index contributed by atoms with van der Waals surface area (Å²) in [5, 5.41) is 0. The molecule has 6 heterocycles. The normalized spacial score (nSPS) is 20.8. The van der Waals surface area contributed by atoms with Crippen LogP contribution < -0.4 is 10.6 Å². The zero-order valence-electron chi connectivity index (χ0n) is 20.9. The van der Waals surface area contributed by atoms with Crippen molar-refractivity contribution >= 4 is 33.3 Å². The lowest BCUT2D eigenvalue weighted by Crippen LogP contribution is -2.40. The highest BCUT2D eigenvalue weighted by atomic mass is 32.1. The summed E-state index contributed by atoms with van der Waals surface area (Å²) in [6.45, 7) is 10.4. The van der Waals surface area contributed by atoms with Gasteiger partial charge in [-0.05, 0) is 63.8 Å². The summed E-state index contributed by atoms with van der Waals surface area (Å²) in [7, 11) is 0. The maximum absolute atomic E-state index is 5.70. The second-order valence-corrected chi connectivity index (χ2v) is 11.4. The summed E-state index contributed by atoms with van der Waals surface area (Å²) in [5.41, 5.74) is 7.48. The van der Waals surface area contributed by atoms with Crippen LogP contribution in [0.2, 0.25) is 0 Å². The van der Waals surface area contributed by atoms with Gasteiger partial charge in [-0.25, -0.2) is 19.9 Å². The van der Waals surface area contributed by atoms with Gasteiger partial charge in [0, 0.05) is 43.4 Å². The number of fused-ring (bicyclic) bond motifs is 1. The van der Waals surface area contributed by atoms with E-state index < -0.39 is 0 Å². The smallest absolute Gasteiger partial charge is 0.219 e. The molecule has 9 nitrogen and oxygen atoms in total. The predicted octanol–water partition coefficient (Wildman–Crippen LogP) is 3.27. The van der Waals surface area contributed by atoms with Gasteiger partial charge in [-0.1, -0.05) is 6.42 Å². The lowest BCUT2D eigenvalue weighted by atomic mass is 9.95. The quantitative estimate of drug-likeness (QED) is 0.538. The SMILES string of the molecule is Nc1ncc(-c2nc(N3CCOCC3)c3sc(CN4CCC(CN5CCCCC5)CC4)cc3n2)cn1. The average Bonchev–Trinajstić information content (AvgIpc) is 3.33. The summed E-state index contributed by atoms with van der Waals surface area (Å²) in [5.74, 6) is 2.74. The van der Waals surface area contributed by atoms with Crippen molar-refractivity contribution < 1.29 is 4.74 Å². The van der Waals surface area contributed by atoms with Crippen molar-refractivity contribution in [2.45, 2.75) is 38.6 Å². The van der Waals surface area contributed by atoms with E-state index in [0.29, 0.717) is 5.82 Å². The molecule has 36 heavy (non-hydrogen) atoms. The molecule has 2 N–H and O–H groups in total. The minimum absolute atomic E-state index is 0.255. The van der Waals surface area contributed by atoms with E-state index in [1.54, 1.807) is 12.4 Å². The average molecular weight is 509 g/mol. The third-order valence-electron chi connectivity index (χ3n) is 7.70. The topological polar surface area (TPSA) is 96.5 Å². The monoisotopic (exact) mass is 508 g/mol. The van der Waals surface area contributed by atoms with Crippen LogP contribution in [0.15, 0.2) is 18.5 Å². The Morgan fingerprint density at radius 2 is 1.67 bits per heavy atom. The van der Waals surface area contributed by atoms with Crippen LogP contribution in [0.25, 0.3) is 21.6 Å². The zero-order chi connectivity index (χ0) is 24.3. The maximum atomic E-state index is 5.70. The van der Waals surface area contributed by atoms with E-state index in [-0.39, 0.29) is 5.95 Å². The van der Waals surface area contributed by atoms with Crippen molar-refractivity contribution in [1.82, 2.24) is 29.7 Å².